The standard InChI is InChI=1S/C20H18N2O3/c1-12-10-17(13-6-8-14(9-7-13)20(24)25)22-19-15(11-18(23)21-2)4-3-5-16(12)19/h3-10H,11H2,1-2H3,(H,21,23)(H,24,25). The molecule has 0 spiro atoms. The van der Waals surface area contributed by atoms with Crippen LogP contribution in [0, 0.1) is 6.92 Å². The Morgan fingerprint density at radius 1 is 1.12 bits per heavy atom. The summed E-state index contributed by atoms with van der Waals surface area (Å²) in [5.74, 6) is -1.02. The van der Waals surface area contributed by atoms with E-state index in [1.165, 1.54) is 0 Å². The molecule has 1 aromatic heterocycles. The summed E-state index contributed by atoms with van der Waals surface area (Å²) in [5, 5.41) is 12.7. The molecule has 5 nitrogen and oxygen atoms in total. The number of nitrogens with zero attached hydrogens (tertiary/aromatic N) is 1. The van der Waals surface area contributed by atoms with Gasteiger partial charge in [-0.25, -0.2) is 9.78 Å². The molecule has 0 aliphatic carbocycles. The first-order valence-corrected chi connectivity index (χ1v) is 7.93. The van der Waals surface area contributed by atoms with Crippen molar-refractivity contribution in [2.45, 2.75) is 13.3 Å². The minimum Gasteiger partial charge on any atom is -0.478 e. The van der Waals surface area contributed by atoms with Crippen molar-refractivity contribution in [1.82, 2.24) is 10.3 Å². The highest BCUT2D eigenvalue weighted by atomic mass is 16.4. The predicted octanol–water partition coefficient (Wildman–Crippen LogP) is 3.20. The average molecular weight is 334 g/mol. The van der Waals surface area contributed by atoms with Crippen molar-refractivity contribution in [3.63, 3.8) is 0 Å². The summed E-state index contributed by atoms with van der Waals surface area (Å²) in [6.45, 7) is 2.00. The van der Waals surface area contributed by atoms with Crippen LogP contribution in [0.15, 0.2) is 48.5 Å². The third kappa shape index (κ3) is 3.35. The van der Waals surface area contributed by atoms with E-state index >= 15 is 0 Å². The Labute approximate surface area is 145 Å². The first kappa shape index (κ1) is 16.6. The summed E-state index contributed by atoms with van der Waals surface area (Å²) in [7, 11) is 1.61. The van der Waals surface area contributed by atoms with Gasteiger partial charge in [0.15, 0.2) is 0 Å². The zero-order valence-corrected chi connectivity index (χ0v) is 14.0. The molecule has 0 aliphatic heterocycles. The Morgan fingerprint density at radius 3 is 2.48 bits per heavy atom. The maximum absolute atomic E-state index is 11.8. The van der Waals surface area contributed by atoms with Crippen LogP contribution in [-0.4, -0.2) is 29.0 Å². The van der Waals surface area contributed by atoms with Crippen LogP contribution >= 0.6 is 0 Å². The highest BCUT2D eigenvalue weighted by molar-refractivity contribution is 5.91. The summed E-state index contributed by atoms with van der Waals surface area (Å²) in [4.78, 5) is 27.5. The zero-order chi connectivity index (χ0) is 18.0. The third-order valence-electron chi connectivity index (χ3n) is 4.19. The van der Waals surface area contributed by atoms with Crippen molar-refractivity contribution in [2.75, 3.05) is 7.05 Å². The summed E-state index contributed by atoms with van der Waals surface area (Å²) >= 11 is 0. The molecule has 3 rings (SSSR count). The number of pyridine rings is 1. The molecule has 2 N–H and O–H groups in total. The van der Waals surface area contributed by atoms with Crippen molar-refractivity contribution < 1.29 is 14.7 Å². The Kier molecular flexibility index (Phi) is 4.48. The molecule has 3 aromatic rings. The number of para-hydroxylation sites is 1. The van der Waals surface area contributed by atoms with Crippen molar-refractivity contribution in [1.29, 1.82) is 0 Å². The number of aromatic carboxylic acids is 1. The number of benzene rings is 2. The van der Waals surface area contributed by atoms with Crippen LogP contribution < -0.4 is 5.32 Å². The molecule has 0 bridgehead atoms. The number of aromatic nitrogens is 1. The van der Waals surface area contributed by atoms with Gasteiger partial charge < -0.3 is 10.4 Å². The van der Waals surface area contributed by atoms with Crippen LogP contribution in [0.25, 0.3) is 22.2 Å². The van der Waals surface area contributed by atoms with Crippen LogP contribution in [0.2, 0.25) is 0 Å². The third-order valence-corrected chi connectivity index (χ3v) is 4.19. The molecule has 0 aliphatic rings. The Balaban J connectivity index is 2.12. The molecule has 0 radical (unpaired) electrons. The minimum absolute atomic E-state index is 0.0665. The van der Waals surface area contributed by atoms with Gasteiger partial charge in [-0.3, -0.25) is 4.79 Å². The van der Waals surface area contributed by atoms with Crippen LogP contribution in [0.1, 0.15) is 21.5 Å². The first-order valence-electron chi connectivity index (χ1n) is 7.93. The fourth-order valence-electron chi connectivity index (χ4n) is 2.81. The Morgan fingerprint density at radius 2 is 1.84 bits per heavy atom. The second-order valence-electron chi connectivity index (χ2n) is 5.87. The highest BCUT2D eigenvalue weighted by Crippen LogP contribution is 2.27. The zero-order valence-electron chi connectivity index (χ0n) is 14.0. The second-order valence-corrected chi connectivity index (χ2v) is 5.87. The molecule has 5 heteroatoms. The van der Waals surface area contributed by atoms with Gasteiger partial charge in [0.1, 0.15) is 0 Å². The fraction of sp³-hybridized carbons (Fsp3) is 0.150. The summed E-state index contributed by atoms with van der Waals surface area (Å²) < 4.78 is 0. The number of fused-ring (bicyclic) bond motifs is 1. The maximum Gasteiger partial charge on any atom is 0.335 e. The maximum atomic E-state index is 11.8. The van der Waals surface area contributed by atoms with Gasteiger partial charge in [0.25, 0.3) is 0 Å². The van der Waals surface area contributed by atoms with Gasteiger partial charge >= 0.3 is 5.97 Å². The molecular formula is C20H18N2O3. The topological polar surface area (TPSA) is 79.3 Å². The Hall–Kier alpha value is -3.21. The van der Waals surface area contributed by atoms with E-state index in [9.17, 15) is 9.59 Å². The van der Waals surface area contributed by atoms with Crippen LogP contribution in [-0.2, 0) is 11.2 Å². The number of aryl methyl sites for hydroxylation is 1. The molecule has 1 amide bonds. The normalized spacial score (nSPS) is 10.6. The number of carboxylic acid groups (broad SMARTS) is 1. The van der Waals surface area contributed by atoms with Crippen LogP contribution in [0.3, 0.4) is 0 Å². The second kappa shape index (κ2) is 6.73. The van der Waals surface area contributed by atoms with Gasteiger partial charge in [-0.1, -0.05) is 30.3 Å². The van der Waals surface area contributed by atoms with Gasteiger partial charge in [0.2, 0.25) is 5.91 Å². The van der Waals surface area contributed by atoms with E-state index in [1.54, 1.807) is 31.3 Å². The largest absolute Gasteiger partial charge is 0.478 e. The molecular weight excluding hydrogens is 316 g/mol. The lowest BCUT2D eigenvalue weighted by Gasteiger charge is -2.11. The van der Waals surface area contributed by atoms with Gasteiger partial charge in [-0.05, 0) is 36.2 Å². The monoisotopic (exact) mass is 334 g/mol. The molecule has 0 atom stereocenters. The number of hydrogen-bond donors (Lipinski definition) is 2. The van der Waals surface area contributed by atoms with Crippen molar-refractivity contribution in [2.24, 2.45) is 0 Å². The van der Waals surface area contributed by atoms with E-state index < -0.39 is 5.97 Å². The lowest BCUT2D eigenvalue weighted by atomic mass is 10.0. The minimum atomic E-state index is -0.956. The van der Waals surface area contributed by atoms with E-state index in [-0.39, 0.29) is 17.9 Å². The van der Waals surface area contributed by atoms with E-state index in [0.29, 0.717) is 0 Å². The fourth-order valence-corrected chi connectivity index (χ4v) is 2.81. The van der Waals surface area contributed by atoms with E-state index in [2.05, 4.69) is 5.32 Å². The number of carboxylic acids is 1. The SMILES string of the molecule is CNC(=O)Cc1cccc2c(C)cc(-c3ccc(C(=O)O)cc3)nc12. The smallest absolute Gasteiger partial charge is 0.335 e. The van der Waals surface area contributed by atoms with Crippen molar-refractivity contribution in [3.8, 4) is 11.3 Å². The van der Waals surface area contributed by atoms with E-state index in [4.69, 9.17) is 10.1 Å². The highest BCUT2D eigenvalue weighted by Gasteiger charge is 2.11. The predicted molar refractivity (Wildman–Crippen MR) is 96.6 cm³/mol. The van der Waals surface area contributed by atoms with Crippen molar-refractivity contribution in [3.05, 3.63) is 65.2 Å². The molecule has 2 aromatic carbocycles. The van der Waals surface area contributed by atoms with Gasteiger partial charge in [-0.2, -0.15) is 0 Å². The van der Waals surface area contributed by atoms with Gasteiger partial charge in [0, 0.05) is 18.0 Å². The Bertz CT molecular complexity index is 963. The molecule has 1 heterocycles. The van der Waals surface area contributed by atoms with E-state index in [1.807, 2.05) is 31.2 Å². The number of likely N-dealkylation sites (N-methyl/N-ethyl adjacent to an activating group) is 1. The number of carbonyl (C=O) groups excluding carboxylic acids is 1. The molecule has 0 fully saturated rings. The van der Waals surface area contributed by atoms with Gasteiger partial charge in [-0.15, -0.1) is 0 Å². The molecule has 126 valence electrons. The lowest BCUT2D eigenvalue weighted by molar-refractivity contribution is -0.119. The molecule has 0 saturated heterocycles. The molecule has 25 heavy (non-hydrogen) atoms. The summed E-state index contributed by atoms with van der Waals surface area (Å²) in [6, 6.07) is 14.4. The molecule has 0 unspecified atom stereocenters. The average Bonchev–Trinajstić information content (AvgIpc) is 2.62. The molecule has 0 saturated carbocycles. The van der Waals surface area contributed by atoms with Gasteiger partial charge in [0.05, 0.1) is 23.2 Å². The van der Waals surface area contributed by atoms with Crippen molar-refractivity contribution >= 4 is 22.8 Å². The quantitative estimate of drug-likeness (QED) is 0.768. The van der Waals surface area contributed by atoms with Crippen LogP contribution in [0.5, 0.6) is 0 Å². The number of amides is 1. The number of hydrogen-bond acceptors (Lipinski definition) is 3. The number of carbonyl (C=O) groups is 2. The number of nitrogens with one attached hydrogen (secondary N) is 1. The van der Waals surface area contributed by atoms with Crippen LogP contribution in [0.4, 0.5) is 0 Å². The first-order chi connectivity index (χ1) is 12.0. The number of rotatable bonds is 4. The lowest BCUT2D eigenvalue weighted by Crippen LogP contribution is -2.20. The summed E-state index contributed by atoms with van der Waals surface area (Å²) in [5.41, 5.74) is 4.55. The summed E-state index contributed by atoms with van der Waals surface area (Å²) in [6.07, 6.45) is 0.266. The van der Waals surface area contributed by atoms with E-state index in [0.717, 1.165) is 33.3 Å².